The molecule has 1 aromatic carbocycles. The molecule has 0 aliphatic rings. The highest BCUT2D eigenvalue weighted by atomic mass is 16.3. The molecule has 0 atom stereocenters. The van der Waals surface area contributed by atoms with Gasteiger partial charge in [0.25, 0.3) is 5.56 Å². The summed E-state index contributed by atoms with van der Waals surface area (Å²) in [5.74, 6) is 0.891. The van der Waals surface area contributed by atoms with Crippen molar-refractivity contribution in [2.75, 3.05) is 0 Å². The van der Waals surface area contributed by atoms with E-state index >= 15 is 0 Å². The van der Waals surface area contributed by atoms with Crippen molar-refractivity contribution in [2.45, 2.75) is 6.42 Å². The van der Waals surface area contributed by atoms with E-state index in [1.54, 1.807) is 12.5 Å². The van der Waals surface area contributed by atoms with Gasteiger partial charge in [0.2, 0.25) is 0 Å². The molecule has 3 nitrogen and oxygen atoms in total. The molecule has 2 aromatic heterocycles. The molecule has 0 aliphatic carbocycles. The third-order valence-corrected chi connectivity index (χ3v) is 2.84. The summed E-state index contributed by atoms with van der Waals surface area (Å²) in [6.07, 6.45) is 4.10. The molecule has 0 bridgehead atoms. The van der Waals surface area contributed by atoms with Crippen molar-refractivity contribution in [3.05, 3.63) is 70.5 Å². The number of rotatable bonds is 2. The highest BCUT2D eigenvalue weighted by molar-refractivity contribution is 5.84. The highest BCUT2D eigenvalue weighted by Crippen LogP contribution is 2.17. The molecular weight excluding hydrogens is 214 g/mol. The lowest BCUT2D eigenvalue weighted by Gasteiger charge is -2.03. The molecule has 0 amide bonds. The summed E-state index contributed by atoms with van der Waals surface area (Å²) in [4.78, 5) is 14.4. The fourth-order valence-corrected chi connectivity index (χ4v) is 2.02. The number of aromatic nitrogens is 1. The van der Waals surface area contributed by atoms with Crippen LogP contribution in [0.15, 0.2) is 58.1 Å². The first kappa shape index (κ1) is 9.90. The van der Waals surface area contributed by atoms with Crippen molar-refractivity contribution in [3.63, 3.8) is 0 Å². The van der Waals surface area contributed by atoms with Crippen LogP contribution in [0.3, 0.4) is 0 Å². The van der Waals surface area contributed by atoms with Gasteiger partial charge in [0.05, 0.1) is 6.26 Å². The lowest BCUT2D eigenvalue weighted by atomic mass is 10.0. The lowest BCUT2D eigenvalue weighted by molar-refractivity contribution is 0.521. The van der Waals surface area contributed by atoms with Gasteiger partial charge >= 0.3 is 0 Å². The fraction of sp³-hybridized carbons (Fsp3) is 0.0714. The largest absolute Gasteiger partial charge is 0.469 e. The van der Waals surface area contributed by atoms with Crippen molar-refractivity contribution < 1.29 is 4.42 Å². The molecule has 3 aromatic rings. The Balaban J connectivity index is 2.17. The van der Waals surface area contributed by atoms with Crippen molar-refractivity contribution >= 4 is 10.8 Å². The zero-order chi connectivity index (χ0) is 11.7. The second kappa shape index (κ2) is 3.94. The molecular formula is C14H11NO2. The first-order valence-electron chi connectivity index (χ1n) is 5.46. The fourth-order valence-electron chi connectivity index (χ4n) is 2.02. The van der Waals surface area contributed by atoms with E-state index in [4.69, 9.17) is 4.42 Å². The van der Waals surface area contributed by atoms with Gasteiger partial charge in [-0.1, -0.05) is 18.2 Å². The first-order chi connectivity index (χ1) is 8.34. The Kier molecular flexibility index (Phi) is 2.29. The van der Waals surface area contributed by atoms with Crippen LogP contribution in [0, 0.1) is 0 Å². The van der Waals surface area contributed by atoms with Crippen LogP contribution in [-0.2, 0) is 6.42 Å². The maximum absolute atomic E-state index is 11.7. The number of hydrogen-bond donors (Lipinski definition) is 1. The summed E-state index contributed by atoms with van der Waals surface area (Å²) in [7, 11) is 0. The summed E-state index contributed by atoms with van der Waals surface area (Å²) in [5.41, 5.74) is 1.01. The van der Waals surface area contributed by atoms with Crippen LogP contribution in [0.4, 0.5) is 0 Å². The zero-order valence-corrected chi connectivity index (χ0v) is 9.14. The molecule has 1 N–H and O–H groups in total. The zero-order valence-electron chi connectivity index (χ0n) is 9.14. The average molecular weight is 225 g/mol. The Hall–Kier alpha value is -2.29. The maximum Gasteiger partial charge on any atom is 0.255 e. The van der Waals surface area contributed by atoms with E-state index in [1.165, 1.54) is 0 Å². The highest BCUT2D eigenvalue weighted by Gasteiger charge is 2.05. The van der Waals surface area contributed by atoms with Gasteiger partial charge < -0.3 is 9.40 Å². The van der Waals surface area contributed by atoms with E-state index in [0.29, 0.717) is 6.42 Å². The van der Waals surface area contributed by atoms with Gasteiger partial charge in [0, 0.05) is 18.0 Å². The van der Waals surface area contributed by atoms with E-state index in [2.05, 4.69) is 4.98 Å². The number of fused-ring (bicyclic) bond motifs is 1. The molecule has 0 saturated carbocycles. The van der Waals surface area contributed by atoms with Gasteiger partial charge in [-0.3, -0.25) is 4.79 Å². The predicted molar refractivity (Wildman–Crippen MR) is 66.1 cm³/mol. The number of pyridine rings is 1. The Morgan fingerprint density at radius 2 is 1.88 bits per heavy atom. The normalized spacial score (nSPS) is 10.8. The van der Waals surface area contributed by atoms with Crippen molar-refractivity contribution in [1.29, 1.82) is 0 Å². The van der Waals surface area contributed by atoms with Gasteiger partial charge in [0.1, 0.15) is 5.76 Å². The monoisotopic (exact) mass is 225 g/mol. The molecule has 3 heteroatoms. The number of furan rings is 1. The van der Waals surface area contributed by atoms with Crippen LogP contribution < -0.4 is 5.56 Å². The Labute approximate surface area is 97.7 Å². The predicted octanol–water partition coefficient (Wildman–Crippen LogP) is 2.71. The number of aromatic amines is 1. The summed E-state index contributed by atoms with van der Waals surface area (Å²) >= 11 is 0. The molecule has 0 unspecified atom stereocenters. The molecule has 0 radical (unpaired) electrons. The van der Waals surface area contributed by atoms with Crippen LogP contribution in [0.25, 0.3) is 10.8 Å². The Bertz CT molecular complexity index is 696. The van der Waals surface area contributed by atoms with Crippen LogP contribution in [-0.4, -0.2) is 4.98 Å². The Morgan fingerprint density at radius 1 is 1.06 bits per heavy atom. The summed E-state index contributed by atoms with van der Waals surface area (Å²) in [6.45, 7) is 0. The average Bonchev–Trinajstić information content (AvgIpc) is 2.86. The van der Waals surface area contributed by atoms with Gasteiger partial charge in [-0.25, -0.2) is 0 Å². The van der Waals surface area contributed by atoms with E-state index in [9.17, 15) is 4.79 Å². The number of benzene rings is 1. The molecule has 0 saturated heterocycles. The minimum atomic E-state index is -0.0520. The third-order valence-electron chi connectivity index (χ3n) is 2.84. The van der Waals surface area contributed by atoms with Crippen LogP contribution in [0.2, 0.25) is 0 Å². The first-order valence-corrected chi connectivity index (χ1v) is 5.46. The van der Waals surface area contributed by atoms with E-state index in [-0.39, 0.29) is 5.56 Å². The minimum Gasteiger partial charge on any atom is -0.469 e. The number of H-pyrrole nitrogens is 1. The topological polar surface area (TPSA) is 46.0 Å². The van der Waals surface area contributed by atoms with Gasteiger partial charge in [-0.05, 0) is 29.1 Å². The van der Waals surface area contributed by atoms with Gasteiger partial charge in [-0.15, -0.1) is 0 Å². The number of hydrogen-bond acceptors (Lipinski definition) is 2. The smallest absolute Gasteiger partial charge is 0.255 e. The van der Waals surface area contributed by atoms with E-state index < -0.39 is 0 Å². The molecule has 0 aliphatic heterocycles. The second-order valence-electron chi connectivity index (χ2n) is 3.94. The molecule has 84 valence electrons. The lowest BCUT2D eigenvalue weighted by Crippen LogP contribution is -2.07. The van der Waals surface area contributed by atoms with Gasteiger partial charge in [-0.2, -0.15) is 0 Å². The van der Waals surface area contributed by atoms with Crippen molar-refractivity contribution in [3.8, 4) is 0 Å². The van der Waals surface area contributed by atoms with Crippen molar-refractivity contribution in [2.24, 2.45) is 0 Å². The summed E-state index contributed by atoms with van der Waals surface area (Å²) in [5, 5.41) is 1.70. The van der Waals surface area contributed by atoms with E-state index in [1.807, 2.05) is 36.4 Å². The van der Waals surface area contributed by atoms with Crippen molar-refractivity contribution in [1.82, 2.24) is 4.98 Å². The van der Waals surface area contributed by atoms with Gasteiger partial charge in [0.15, 0.2) is 0 Å². The molecule has 0 spiro atoms. The standard InChI is InChI=1S/C14H11NO2/c16-14-13-6-2-1-5-12(13)10(9-15-14)8-11-4-3-7-17-11/h1-7,9H,8H2,(H,15,16). The van der Waals surface area contributed by atoms with Crippen LogP contribution in [0.1, 0.15) is 11.3 Å². The molecule has 3 rings (SSSR count). The van der Waals surface area contributed by atoms with E-state index in [0.717, 1.165) is 22.1 Å². The molecule has 17 heavy (non-hydrogen) atoms. The maximum atomic E-state index is 11.7. The number of nitrogens with one attached hydrogen (secondary N) is 1. The van der Waals surface area contributed by atoms with Crippen LogP contribution in [0.5, 0.6) is 0 Å². The second-order valence-corrected chi connectivity index (χ2v) is 3.94. The summed E-state index contributed by atoms with van der Waals surface area (Å²) in [6, 6.07) is 11.4. The molecule has 0 fully saturated rings. The quantitative estimate of drug-likeness (QED) is 0.728. The third kappa shape index (κ3) is 1.76. The summed E-state index contributed by atoms with van der Waals surface area (Å²) < 4.78 is 5.32. The van der Waals surface area contributed by atoms with Crippen LogP contribution >= 0.6 is 0 Å². The Morgan fingerprint density at radius 3 is 2.65 bits per heavy atom. The minimum absolute atomic E-state index is 0.0520. The molecule has 2 heterocycles. The SMILES string of the molecule is O=c1[nH]cc(Cc2ccco2)c2ccccc12.